The van der Waals surface area contributed by atoms with Gasteiger partial charge in [0.2, 0.25) is 0 Å². The predicted molar refractivity (Wildman–Crippen MR) is 81.7 cm³/mol. The lowest BCUT2D eigenvalue weighted by atomic mass is 9.54. The second kappa shape index (κ2) is 5.05. The molecule has 0 aliphatic heterocycles. The highest BCUT2D eigenvalue weighted by Crippen LogP contribution is 2.53. The number of hydrogen-bond acceptors (Lipinski definition) is 3. The lowest BCUT2D eigenvalue weighted by molar-refractivity contribution is -0.0189. The molecule has 0 amide bonds. The summed E-state index contributed by atoms with van der Waals surface area (Å²) < 4.78 is 0. The van der Waals surface area contributed by atoms with Gasteiger partial charge >= 0.3 is 0 Å². The van der Waals surface area contributed by atoms with E-state index < -0.39 is 0 Å². The Hall–Kier alpha value is -1.06. The highest BCUT2D eigenvalue weighted by Gasteiger charge is 2.47. The minimum absolute atomic E-state index is 0.698. The Morgan fingerprint density at radius 2 is 1.70 bits per heavy atom. The van der Waals surface area contributed by atoms with Crippen molar-refractivity contribution >= 4 is 5.69 Å². The Labute approximate surface area is 121 Å². The number of hydrazine groups is 1. The van der Waals surface area contributed by atoms with Crippen LogP contribution in [0.25, 0.3) is 0 Å². The maximum absolute atomic E-state index is 5.82. The van der Waals surface area contributed by atoms with Crippen LogP contribution in [0.5, 0.6) is 0 Å². The van der Waals surface area contributed by atoms with E-state index in [2.05, 4.69) is 16.9 Å². The zero-order chi connectivity index (χ0) is 13.5. The van der Waals surface area contributed by atoms with E-state index in [1.807, 2.05) is 18.2 Å². The molecule has 4 fully saturated rings. The van der Waals surface area contributed by atoms with E-state index in [-0.39, 0.29) is 0 Å². The van der Waals surface area contributed by atoms with Crippen LogP contribution in [0.3, 0.4) is 0 Å². The molecular weight excluding hydrogens is 246 g/mol. The third-order valence-electron chi connectivity index (χ3n) is 5.74. The van der Waals surface area contributed by atoms with Crippen molar-refractivity contribution in [2.75, 3.05) is 5.73 Å². The Kier molecular flexibility index (Phi) is 3.20. The Balaban J connectivity index is 1.34. The van der Waals surface area contributed by atoms with Crippen molar-refractivity contribution in [3.63, 3.8) is 0 Å². The number of nitrogens with two attached hydrogens (primary N) is 1. The summed E-state index contributed by atoms with van der Waals surface area (Å²) in [6, 6.07) is 8.83. The van der Waals surface area contributed by atoms with E-state index in [4.69, 9.17) is 5.73 Å². The number of nitrogens with one attached hydrogen (secondary N) is 2. The number of hydrogen-bond donors (Lipinski definition) is 3. The fourth-order valence-corrected chi connectivity index (χ4v) is 5.13. The molecule has 3 heteroatoms. The minimum Gasteiger partial charge on any atom is -0.399 e. The Bertz CT molecular complexity index is 457. The first-order valence-electron chi connectivity index (χ1n) is 8.10. The van der Waals surface area contributed by atoms with E-state index in [9.17, 15) is 0 Å². The number of nitrogen functional groups attached to an aromatic ring is 1. The van der Waals surface area contributed by atoms with E-state index >= 15 is 0 Å². The smallest absolute Gasteiger partial charge is 0.0351 e. The van der Waals surface area contributed by atoms with Gasteiger partial charge in [0.1, 0.15) is 0 Å². The Morgan fingerprint density at radius 3 is 2.35 bits per heavy atom. The molecule has 0 atom stereocenters. The zero-order valence-electron chi connectivity index (χ0n) is 12.0. The quantitative estimate of drug-likeness (QED) is 0.583. The molecule has 0 unspecified atom stereocenters. The van der Waals surface area contributed by atoms with Gasteiger partial charge in [0.25, 0.3) is 0 Å². The molecule has 1 aromatic carbocycles. The van der Waals surface area contributed by atoms with Gasteiger partial charge in [-0.1, -0.05) is 12.1 Å². The molecule has 20 heavy (non-hydrogen) atoms. The van der Waals surface area contributed by atoms with E-state index in [0.29, 0.717) is 6.04 Å². The van der Waals surface area contributed by atoms with Crippen LogP contribution in [0, 0.1) is 23.7 Å². The summed E-state index contributed by atoms with van der Waals surface area (Å²) >= 11 is 0. The summed E-state index contributed by atoms with van der Waals surface area (Å²) in [5.41, 5.74) is 15.0. The molecule has 4 aliphatic rings. The van der Waals surface area contributed by atoms with Gasteiger partial charge in [-0.25, -0.2) is 0 Å². The maximum atomic E-state index is 5.82. The molecule has 0 spiro atoms. The summed E-state index contributed by atoms with van der Waals surface area (Å²) in [5, 5.41) is 0. The van der Waals surface area contributed by atoms with Gasteiger partial charge in [-0.2, -0.15) is 0 Å². The van der Waals surface area contributed by atoms with Crippen LogP contribution in [-0.4, -0.2) is 6.04 Å². The molecule has 1 aromatic rings. The highest BCUT2D eigenvalue weighted by molar-refractivity contribution is 5.40. The van der Waals surface area contributed by atoms with Crippen molar-refractivity contribution in [3.05, 3.63) is 29.8 Å². The largest absolute Gasteiger partial charge is 0.399 e. The molecule has 4 bridgehead atoms. The fourth-order valence-electron chi connectivity index (χ4n) is 5.13. The van der Waals surface area contributed by atoms with Gasteiger partial charge < -0.3 is 5.73 Å². The molecule has 4 N–H and O–H groups in total. The van der Waals surface area contributed by atoms with Crippen molar-refractivity contribution < 1.29 is 0 Å². The molecule has 0 saturated heterocycles. The normalized spacial score (nSPS) is 38.3. The van der Waals surface area contributed by atoms with Gasteiger partial charge in [0.15, 0.2) is 0 Å². The second-order valence-electron chi connectivity index (χ2n) is 7.20. The predicted octanol–water partition coefficient (Wildman–Crippen LogP) is 2.69. The lowest BCUT2D eigenvalue weighted by Gasteiger charge is -2.54. The van der Waals surface area contributed by atoms with Crippen LogP contribution in [-0.2, 0) is 6.54 Å². The van der Waals surface area contributed by atoms with E-state index in [0.717, 1.165) is 35.9 Å². The van der Waals surface area contributed by atoms with Gasteiger partial charge in [-0.3, -0.25) is 10.9 Å². The van der Waals surface area contributed by atoms with Crippen molar-refractivity contribution in [2.24, 2.45) is 23.7 Å². The topological polar surface area (TPSA) is 50.1 Å². The first kappa shape index (κ1) is 12.7. The number of anilines is 1. The molecule has 0 radical (unpaired) electrons. The third kappa shape index (κ3) is 2.33. The molecule has 0 heterocycles. The molecule has 4 aliphatic carbocycles. The standard InChI is InChI=1S/C17H25N3/c18-16-3-1-2-11(9-16)10-19-20-17-14-5-12-4-13(7-14)8-15(17)6-12/h1-3,9,12-15,17,19-20H,4-8,10,18H2. The van der Waals surface area contributed by atoms with Crippen LogP contribution in [0.1, 0.15) is 37.7 Å². The van der Waals surface area contributed by atoms with Crippen molar-refractivity contribution in [2.45, 2.75) is 44.7 Å². The zero-order valence-corrected chi connectivity index (χ0v) is 12.0. The minimum atomic E-state index is 0.698. The summed E-state index contributed by atoms with van der Waals surface area (Å²) in [6.07, 6.45) is 7.38. The molecule has 108 valence electrons. The Morgan fingerprint density at radius 1 is 1.00 bits per heavy atom. The summed E-state index contributed by atoms with van der Waals surface area (Å²) in [6.45, 7) is 0.855. The van der Waals surface area contributed by atoms with Crippen LogP contribution >= 0.6 is 0 Å². The lowest BCUT2D eigenvalue weighted by Crippen LogP contribution is -2.57. The molecule has 4 saturated carbocycles. The molecule has 5 rings (SSSR count). The van der Waals surface area contributed by atoms with E-state index in [1.165, 1.54) is 37.7 Å². The van der Waals surface area contributed by atoms with Gasteiger partial charge in [0.05, 0.1) is 0 Å². The van der Waals surface area contributed by atoms with Crippen LogP contribution < -0.4 is 16.6 Å². The van der Waals surface area contributed by atoms with Crippen LogP contribution in [0.4, 0.5) is 5.69 Å². The molecule has 0 aromatic heterocycles. The fraction of sp³-hybridized carbons (Fsp3) is 0.647. The first-order chi connectivity index (χ1) is 9.78. The van der Waals surface area contributed by atoms with Crippen molar-refractivity contribution in [1.82, 2.24) is 10.9 Å². The SMILES string of the molecule is Nc1cccc(CNNC2C3CC4CC(C3)CC2C4)c1. The summed E-state index contributed by atoms with van der Waals surface area (Å²) in [4.78, 5) is 0. The van der Waals surface area contributed by atoms with E-state index in [1.54, 1.807) is 0 Å². The van der Waals surface area contributed by atoms with Gasteiger partial charge in [0, 0.05) is 18.3 Å². The second-order valence-corrected chi connectivity index (χ2v) is 7.20. The van der Waals surface area contributed by atoms with Crippen molar-refractivity contribution in [3.8, 4) is 0 Å². The highest BCUT2D eigenvalue weighted by atomic mass is 15.4. The number of benzene rings is 1. The van der Waals surface area contributed by atoms with Crippen LogP contribution in [0.2, 0.25) is 0 Å². The van der Waals surface area contributed by atoms with Gasteiger partial charge in [-0.15, -0.1) is 0 Å². The number of rotatable bonds is 4. The van der Waals surface area contributed by atoms with Gasteiger partial charge in [-0.05, 0) is 73.5 Å². The summed E-state index contributed by atoms with van der Waals surface area (Å²) in [7, 11) is 0. The average molecular weight is 271 g/mol. The summed E-state index contributed by atoms with van der Waals surface area (Å²) in [5.74, 6) is 3.92. The first-order valence-corrected chi connectivity index (χ1v) is 8.10. The maximum Gasteiger partial charge on any atom is 0.0351 e. The molecule has 3 nitrogen and oxygen atoms in total. The monoisotopic (exact) mass is 271 g/mol. The molecular formula is C17H25N3. The van der Waals surface area contributed by atoms with Crippen LogP contribution in [0.15, 0.2) is 24.3 Å². The third-order valence-corrected chi connectivity index (χ3v) is 5.74. The van der Waals surface area contributed by atoms with Crippen molar-refractivity contribution in [1.29, 1.82) is 0 Å². The average Bonchev–Trinajstić information content (AvgIpc) is 2.41.